The van der Waals surface area contributed by atoms with Gasteiger partial charge in [0.05, 0.1) is 18.2 Å². The fourth-order valence-electron chi connectivity index (χ4n) is 4.29. The Hall–Kier alpha value is -1.07. The average Bonchev–Trinajstić information content (AvgIpc) is 2.74. The molecular formula is C22H33F3IN3O2. The molecule has 1 aromatic carbocycles. The monoisotopic (exact) mass is 555 g/mol. The second-order valence-electron chi connectivity index (χ2n) is 8.32. The fourth-order valence-corrected chi connectivity index (χ4v) is 4.29. The van der Waals surface area contributed by atoms with Gasteiger partial charge in [0, 0.05) is 31.2 Å². The summed E-state index contributed by atoms with van der Waals surface area (Å²) in [6.07, 6.45) is -0.0523. The maximum Gasteiger partial charge on any atom is 0.416 e. The fraction of sp³-hybridized carbons (Fsp3) is 0.682. The van der Waals surface area contributed by atoms with Crippen molar-refractivity contribution >= 4 is 29.9 Å². The van der Waals surface area contributed by atoms with Crippen molar-refractivity contribution in [3.05, 3.63) is 35.4 Å². The lowest BCUT2D eigenvalue weighted by molar-refractivity contribution is -0.137. The Morgan fingerprint density at radius 3 is 2.48 bits per heavy atom. The molecule has 0 bridgehead atoms. The Morgan fingerprint density at radius 2 is 1.87 bits per heavy atom. The number of nitrogens with zero attached hydrogens (tertiary/aromatic N) is 1. The number of benzene rings is 1. The molecule has 3 rings (SSSR count). The summed E-state index contributed by atoms with van der Waals surface area (Å²) in [5.74, 6) is 0.678. The van der Waals surface area contributed by atoms with E-state index in [9.17, 15) is 18.3 Å². The number of rotatable bonds is 5. The lowest BCUT2D eigenvalue weighted by Gasteiger charge is -2.37. The van der Waals surface area contributed by atoms with Crippen LogP contribution in [0.2, 0.25) is 0 Å². The molecule has 0 aromatic heterocycles. The Morgan fingerprint density at radius 1 is 1.19 bits per heavy atom. The number of alkyl halides is 3. The van der Waals surface area contributed by atoms with E-state index in [-0.39, 0.29) is 36.1 Å². The van der Waals surface area contributed by atoms with Crippen molar-refractivity contribution in [2.24, 2.45) is 4.99 Å². The maximum atomic E-state index is 13.3. The molecule has 0 amide bonds. The molecular weight excluding hydrogens is 522 g/mol. The summed E-state index contributed by atoms with van der Waals surface area (Å²) in [6, 6.07) is 5.88. The highest BCUT2D eigenvalue weighted by atomic mass is 127. The molecule has 1 aromatic rings. The van der Waals surface area contributed by atoms with Crippen LogP contribution in [0.5, 0.6) is 0 Å². The topological polar surface area (TPSA) is 65.9 Å². The second kappa shape index (κ2) is 11.7. The first-order chi connectivity index (χ1) is 14.3. The van der Waals surface area contributed by atoms with Crippen LogP contribution >= 0.6 is 24.0 Å². The third-order valence-corrected chi connectivity index (χ3v) is 6.17. The highest BCUT2D eigenvalue weighted by Gasteiger charge is 2.37. The molecule has 1 saturated carbocycles. The van der Waals surface area contributed by atoms with E-state index in [0.717, 1.165) is 31.7 Å². The number of aliphatic hydroxyl groups excluding tert-OH is 1. The number of aliphatic hydroxyl groups is 1. The minimum absolute atomic E-state index is 0. The first-order valence-corrected chi connectivity index (χ1v) is 10.8. The van der Waals surface area contributed by atoms with E-state index in [4.69, 9.17) is 9.73 Å². The van der Waals surface area contributed by atoms with Crippen LogP contribution in [0.4, 0.5) is 13.2 Å². The first-order valence-electron chi connectivity index (χ1n) is 10.8. The molecule has 0 radical (unpaired) electrons. The van der Waals surface area contributed by atoms with Gasteiger partial charge in [0.25, 0.3) is 0 Å². The molecule has 176 valence electrons. The molecule has 1 saturated heterocycles. The van der Waals surface area contributed by atoms with Crippen LogP contribution < -0.4 is 10.6 Å². The highest BCUT2D eigenvalue weighted by Crippen LogP contribution is 2.38. The summed E-state index contributed by atoms with van der Waals surface area (Å²) < 4.78 is 45.3. The summed E-state index contributed by atoms with van der Waals surface area (Å²) in [4.78, 5) is 4.79. The van der Waals surface area contributed by atoms with Crippen LogP contribution in [-0.4, -0.2) is 49.5 Å². The number of aliphatic imine (C=N–C) groups is 1. The standard InChI is InChI=1S/C22H32F3N3O2.HI/c1-2-26-20(28-18-6-8-19(29)9-7-18)27-15-21(10-12-30-13-11-21)16-4-3-5-17(14-16)22(23,24)25;/h3-5,14,18-19,29H,2,6-13,15H2,1H3,(H2,26,27,28);1H. The van der Waals surface area contributed by atoms with Gasteiger partial charge in [0.1, 0.15) is 0 Å². The Bertz CT molecular complexity index is 716. The molecule has 31 heavy (non-hydrogen) atoms. The lowest BCUT2D eigenvalue weighted by atomic mass is 9.74. The van der Waals surface area contributed by atoms with Crippen LogP contribution in [0, 0.1) is 0 Å². The summed E-state index contributed by atoms with van der Waals surface area (Å²) in [7, 11) is 0. The van der Waals surface area contributed by atoms with Gasteiger partial charge in [-0.3, -0.25) is 4.99 Å². The Kier molecular flexibility index (Phi) is 9.88. The van der Waals surface area contributed by atoms with E-state index < -0.39 is 17.2 Å². The van der Waals surface area contributed by atoms with Crippen LogP contribution in [-0.2, 0) is 16.3 Å². The third kappa shape index (κ3) is 7.21. The number of hydrogen-bond donors (Lipinski definition) is 3. The molecule has 0 unspecified atom stereocenters. The molecule has 1 aliphatic heterocycles. The maximum absolute atomic E-state index is 13.3. The van der Waals surface area contributed by atoms with Gasteiger partial charge in [-0.1, -0.05) is 18.2 Å². The summed E-state index contributed by atoms with van der Waals surface area (Å²) >= 11 is 0. The molecule has 1 heterocycles. The van der Waals surface area contributed by atoms with Gasteiger partial charge < -0.3 is 20.5 Å². The van der Waals surface area contributed by atoms with E-state index in [1.807, 2.05) is 6.92 Å². The zero-order chi connectivity index (χ0) is 21.6. The Labute approximate surface area is 199 Å². The van der Waals surface area contributed by atoms with E-state index in [2.05, 4.69) is 10.6 Å². The highest BCUT2D eigenvalue weighted by molar-refractivity contribution is 14.0. The Balaban J connectivity index is 0.00000341. The van der Waals surface area contributed by atoms with Crippen LogP contribution in [0.25, 0.3) is 0 Å². The number of halogens is 4. The van der Waals surface area contributed by atoms with Crippen molar-refractivity contribution < 1.29 is 23.0 Å². The average molecular weight is 555 g/mol. The van der Waals surface area contributed by atoms with Gasteiger partial charge >= 0.3 is 6.18 Å². The largest absolute Gasteiger partial charge is 0.416 e. The van der Waals surface area contributed by atoms with E-state index >= 15 is 0 Å². The van der Waals surface area contributed by atoms with Gasteiger partial charge in [-0.25, -0.2) is 0 Å². The normalized spacial score (nSPS) is 24.2. The molecule has 2 fully saturated rings. The molecule has 0 atom stereocenters. The molecule has 3 N–H and O–H groups in total. The predicted molar refractivity (Wildman–Crippen MR) is 126 cm³/mol. The van der Waals surface area contributed by atoms with Crippen LogP contribution in [0.3, 0.4) is 0 Å². The summed E-state index contributed by atoms with van der Waals surface area (Å²) in [6.45, 7) is 4.09. The van der Waals surface area contributed by atoms with E-state index in [0.29, 0.717) is 50.7 Å². The predicted octanol–water partition coefficient (Wildman–Crippen LogP) is 4.23. The minimum atomic E-state index is -4.37. The summed E-state index contributed by atoms with van der Waals surface area (Å²) in [5, 5.41) is 16.4. The van der Waals surface area contributed by atoms with Gasteiger partial charge in [-0.2, -0.15) is 13.2 Å². The van der Waals surface area contributed by atoms with E-state index in [1.165, 1.54) is 12.1 Å². The van der Waals surface area contributed by atoms with Crippen molar-refractivity contribution in [2.75, 3.05) is 26.3 Å². The van der Waals surface area contributed by atoms with Crippen molar-refractivity contribution in [2.45, 2.75) is 69.2 Å². The molecule has 0 spiro atoms. The van der Waals surface area contributed by atoms with Gasteiger partial charge in [-0.15, -0.1) is 24.0 Å². The number of nitrogens with one attached hydrogen (secondary N) is 2. The van der Waals surface area contributed by atoms with Gasteiger partial charge in [0.15, 0.2) is 5.96 Å². The van der Waals surface area contributed by atoms with Crippen molar-refractivity contribution in [3.8, 4) is 0 Å². The second-order valence-corrected chi connectivity index (χ2v) is 8.32. The van der Waals surface area contributed by atoms with E-state index in [1.54, 1.807) is 6.07 Å². The number of guanidine groups is 1. The molecule has 5 nitrogen and oxygen atoms in total. The van der Waals surface area contributed by atoms with Crippen molar-refractivity contribution in [1.29, 1.82) is 0 Å². The SMILES string of the molecule is CCNC(=NCC1(c2cccc(C(F)(F)F)c2)CCOCC1)NC1CCC(O)CC1.I. The van der Waals surface area contributed by atoms with Crippen molar-refractivity contribution in [3.63, 3.8) is 0 Å². The van der Waals surface area contributed by atoms with Crippen LogP contribution in [0.1, 0.15) is 56.6 Å². The van der Waals surface area contributed by atoms with Crippen LogP contribution in [0.15, 0.2) is 29.3 Å². The number of ether oxygens (including phenoxy) is 1. The number of hydrogen-bond acceptors (Lipinski definition) is 3. The summed E-state index contributed by atoms with van der Waals surface area (Å²) in [5.41, 5.74) is -0.438. The molecule has 1 aliphatic carbocycles. The third-order valence-electron chi connectivity index (χ3n) is 6.17. The zero-order valence-corrected chi connectivity index (χ0v) is 20.2. The quantitative estimate of drug-likeness (QED) is 0.289. The smallest absolute Gasteiger partial charge is 0.393 e. The molecule has 9 heteroatoms. The lowest BCUT2D eigenvalue weighted by Crippen LogP contribution is -2.46. The zero-order valence-electron chi connectivity index (χ0n) is 17.9. The first kappa shape index (κ1) is 26.2. The molecule has 2 aliphatic rings. The van der Waals surface area contributed by atoms with Gasteiger partial charge in [-0.05, 0) is 57.1 Å². The minimum Gasteiger partial charge on any atom is -0.393 e. The van der Waals surface area contributed by atoms with Crippen molar-refractivity contribution in [1.82, 2.24) is 10.6 Å². The van der Waals surface area contributed by atoms with Gasteiger partial charge in [0.2, 0.25) is 0 Å².